The highest BCUT2D eigenvalue weighted by Gasteiger charge is 2.35. The lowest BCUT2D eigenvalue weighted by Gasteiger charge is -2.30. The Balaban J connectivity index is 1.94. The molecule has 6 nitrogen and oxygen atoms in total. The number of hydrogen-bond acceptors (Lipinski definition) is 4. The van der Waals surface area contributed by atoms with Crippen molar-refractivity contribution >= 4 is 17.8 Å². The summed E-state index contributed by atoms with van der Waals surface area (Å²) in [5.74, 6) is -0.881. The van der Waals surface area contributed by atoms with Crippen molar-refractivity contribution < 1.29 is 19.1 Å². The molecular formula is C19H34N2O4. The number of imide groups is 2. The molecule has 0 aromatic heterocycles. The van der Waals surface area contributed by atoms with Crippen LogP contribution in [0, 0.1) is 0 Å². The van der Waals surface area contributed by atoms with Crippen molar-refractivity contribution in [2.75, 3.05) is 26.8 Å². The van der Waals surface area contributed by atoms with Crippen LogP contribution in [0.4, 0.5) is 4.79 Å². The van der Waals surface area contributed by atoms with Crippen molar-refractivity contribution in [1.29, 1.82) is 0 Å². The summed E-state index contributed by atoms with van der Waals surface area (Å²) in [5.41, 5.74) is 0. The fourth-order valence-corrected chi connectivity index (χ4v) is 2.91. The summed E-state index contributed by atoms with van der Waals surface area (Å²) in [6.45, 7) is 3.44. The third kappa shape index (κ3) is 8.47. The van der Waals surface area contributed by atoms with E-state index in [0.29, 0.717) is 13.2 Å². The van der Waals surface area contributed by atoms with Crippen molar-refractivity contribution in [3.63, 3.8) is 0 Å². The van der Waals surface area contributed by atoms with Crippen LogP contribution in [0.3, 0.4) is 0 Å². The summed E-state index contributed by atoms with van der Waals surface area (Å²) < 4.78 is 5.52. The molecule has 0 radical (unpaired) electrons. The second-order valence-electron chi connectivity index (χ2n) is 6.75. The minimum atomic E-state index is -0.552. The molecule has 0 aromatic carbocycles. The van der Waals surface area contributed by atoms with Gasteiger partial charge in [-0.1, -0.05) is 64.7 Å². The highest BCUT2D eigenvalue weighted by atomic mass is 16.5. The fourth-order valence-electron chi connectivity index (χ4n) is 2.91. The van der Waals surface area contributed by atoms with Gasteiger partial charge in [0.25, 0.3) is 0 Å². The van der Waals surface area contributed by atoms with Crippen LogP contribution in [0.25, 0.3) is 0 Å². The molecule has 6 heteroatoms. The molecule has 1 aliphatic rings. The molecule has 0 N–H and O–H groups in total. The Morgan fingerprint density at radius 1 is 0.800 bits per heavy atom. The zero-order valence-corrected chi connectivity index (χ0v) is 15.9. The molecule has 1 fully saturated rings. The van der Waals surface area contributed by atoms with Crippen LogP contribution >= 0.6 is 0 Å². The lowest BCUT2D eigenvalue weighted by Crippen LogP contribution is -2.54. The molecule has 0 saturated carbocycles. The third-order valence-electron chi connectivity index (χ3n) is 4.60. The molecule has 0 unspecified atom stereocenters. The van der Waals surface area contributed by atoms with Crippen molar-refractivity contribution in [1.82, 2.24) is 9.80 Å². The minimum absolute atomic E-state index is 0.215. The Hall–Kier alpha value is -1.43. The molecule has 0 spiro atoms. The van der Waals surface area contributed by atoms with Crippen LogP contribution in [-0.2, 0) is 14.3 Å². The average Bonchev–Trinajstić information content (AvgIpc) is 2.59. The Bertz CT molecular complexity index is 426. The zero-order chi connectivity index (χ0) is 18.5. The first-order valence-corrected chi connectivity index (χ1v) is 9.76. The van der Waals surface area contributed by atoms with Gasteiger partial charge in [0.2, 0.25) is 11.8 Å². The Labute approximate surface area is 151 Å². The van der Waals surface area contributed by atoms with Gasteiger partial charge in [-0.2, -0.15) is 0 Å². The van der Waals surface area contributed by atoms with Gasteiger partial charge in [-0.25, -0.2) is 4.79 Å². The number of amides is 4. The average molecular weight is 354 g/mol. The van der Waals surface area contributed by atoms with E-state index in [1.54, 1.807) is 0 Å². The summed E-state index contributed by atoms with van der Waals surface area (Å²) in [6, 6.07) is -0.552. The van der Waals surface area contributed by atoms with E-state index in [1.165, 1.54) is 58.4 Å². The third-order valence-corrected chi connectivity index (χ3v) is 4.60. The summed E-state index contributed by atoms with van der Waals surface area (Å²) >= 11 is 0. The molecule has 0 aliphatic carbocycles. The number of nitrogens with zero attached hydrogens (tertiary/aromatic N) is 2. The highest BCUT2D eigenvalue weighted by molar-refractivity contribution is 6.13. The molecule has 144 valence electrons. The number of ether oxygens (including phenoxy) is 1. The van der Waals surface area contributed by atoms with E-state index in [4.69, 9.17) is 4.74 Å². The molecule has 25 heavy (non-hydrogen) atoms. The zero-order valence-electron chi connectivity index (χ0n) is 15.9. The van der Waals surface area contributed by atoms with Crippen LogP contribution in [0.1, 0.15) is 77.6 Å². The Morgan fingerprint density at radius 2 is 1.36 bits per heavy atom. The first kappa shape index (κ1) is 21.6. The number of barbiturate groups is 1. The molecule has 4 amide bonds. The SMILES string of the molecule is CCCCCCCCCCCCOCCN1C(=O)CC(=O)N(C)C1=O. The molecule has 1 saturated heterocycles. The van der Waals surface area contributed by atoms with E-state index in [-0.39, 0.29) is 13.0 Å². The van der Waals surface area contributed by atoms with Gasteiger partial charge in [0.15, 0.2) is 0 Å². The Kier molecular flexibility index (Phi) is 11.1. The predicted molar refractivity (Wildman–Crippen MR) is 97.2 cm³/mol. The fraction of sp³-hybridized carbons (Fsp3) is 0.842. The maximum atomic E-state index is 11.9. The number of carbonyl (C=O) groups is 3. The van der Waals surface area contributed by atoms with E-state index in [2.05, 4.69) is 6.92 Å². The summed E-state index contributed by atoms with van der Waals surface area (Å²) in [4.78, 5) is 37.0. The van der Waals surface area contributed by atoms with Crippen LogP contribution in [0.15, 0.2) is 0 Å². The van der Waals surface area contributed by atoms with E-state index in [1.807, 2.05) is 0 Å². The van der Waals surface area contributed by atoms with Crippen LogP contribution in [-0.4, -0.2) is 54.5 Å². The summed E-state index contributed by atoms with van der Waals surface area (Å²) in [7, 11) is 1.40. The van der Waals surface area contributed by atoms with Gasteiger partial charge in [0.1, 0.15) is 6.42 Å². The monoisotopic (exact) mass is 354 g/mol. The van der Waals surface area contributed by atoms with E-state index in [0.717, 1.165) is 22.6 Å². The first-order chi connectivity index (χ1) is 12.1. The number of hydrogen-bond donors (Lipinski definition) is 0. The summed E-state index contributed by atoms with van der Waals surface area (Å²) in [6.07, 6.45) is 12.6. The van der Waals surface area contributed by atoms with E-state index >= 15 is 0 Å². The molecule has 0 bridgehead atoms. The van der Waals surface area contributed by atoms with Gasteiger partial charge in [-0.05, 0) is 6.42 Å². The maximum absolute atomic E-state index is 11.9. The van der Waals surface area contributed by atoms with Crippen LogP contribution in [0.5, 0.6) is 0 Å². The smallest absolute Gasteiger partial charge is 0.333 e. The van der Waals surface area contributed by atoms with Crippen molar-refractivity contribution in [2.45, 2.75) is 77.6 Å². The molecule has 1 rings (SSSR count). The topological polar surface area (TPSA) is 66.9 Å². The summed E-state index contributed by atoms with van der Waals surface area (Å²) in [5, 5.41) is 0. The predicted octanol–water partition coefficient (Wildman–Crippen LogP) is 3.73. The van der Waals surface area contributed by atoms with Crippen LogP contribution < -0.4 is 0 Å². The van der Waals surface area contributed by atoms with Crippen LogP contribution in [0.2, 0.25) is 0 Å². The van der Waals surface area contributed by atoms with Gasteiger partial charge in [0, 0.05) is 13.7 Å². The van der Waals surface area contributed by atoms with Crippen molar-refractivity contribution in [2.24, 2.45) is 0 Å². The van der Waals surface area contributed by atoms with Gasteiger partial charge >= 0.3 is 6.03 Å². The molecule has 0 atom stereocenters. The lowest BCUT2D eigenvalue weighted by atomic mass is 10.1. The minimum Gasteiger partial charge on any atom is -0.380 e. The Morgan fingerprint density at radius 3 is 1.96 bits per heavy atom. The second-order valence-corrected chi connectivity index (χ2v) is 6.75. The number of unbranched alkanes of at least 4 members (excludes halogenated alkanes) is 9. The standard InChI is InChI=1S/C19H34N2O4/c1-3-4-5-6-7-8-9-10-11-12-14-25-15-13-21-18(23)16-17(22)20(2)19(21)24/h3-16H2,1-2H3. The van der Waals surface area contributed by atoms with Gasteiger partial charge in [0.05, 0.1) is 13.2 Å². The molecular weight excluding hydrogens is 320 g/mol. The van der Waals surface area contributed by atoms with Gasteiger partial charge in [-0.15, -0.1) is 0 Å². The van der Waals surface area contributed by atoms with Crippen molar-refractivity contribution in [3.8, 4) is 0 Å². The van der Waals surface area contributed by atoms with E-state index < -0.39 is 17.8 Å². The highest BCUT2D eigenvalue weighted by Crippen LogP contribution is 2.11. The normalized spacial score (nSPS) is 15.4. The van der Waals surface area contributed by atoms with Crippen molar-refractivity contribution in [3.05, 3.63) is 0 Å². The molecule has 1 heterocycles. The quantitative estimate of drug-likeness (QED) is 0.352. The number of urea groups is 1. The number of rotatable bonds is 14. The van der Waals surface area contributed by atoms with Gasteiger partial charge in [-0.3, -0.25) is 19.4 Å². The second kappa shape index (κ2) is 12.9. The molecule has 0 aromatic rings. The molecule has 1 aliphatic heterocycles. The largest absolute Gasteiger partial charge is 0.380 e. The number of carbonyl (C=O) groups excluding carboxylic acids is 3. The lowest BCUT2D eigenvalue weighted by molar-refractivity contribution is -0.142. The van der Waals surface area contributed by atoms with E-state index in [9.17, 15) is 14.4 Å². The maximum Gasteiger partial charge on any atom is 0.333 e. The van der Waals surface area contributed by atoms with Gasteiger partial charge < -0.3 is 4.74 Å². The first-order valence-electron chi connectivity index (χ1n) is 9.76.